The maximum absolute atomic E-state index is 6.48. The van der Waals surface area contributed by atoms with Crippen LogP contribution in [0.4, 0.5) is 17.1 Å². The van der Waals surface area contributed by atoms with Gasteiger partial charge in [0.2, 0.25) is 5.89 Å². The molecule has 3 aromatic heterocycles. The topological polar surface area (TPSA) is 29.3 Å². The molecule has 0 bridgehead atoms. The van der Waals surface area contributed by atoms with Crippen molar-refractivity contribution in [3.8, 4) is 11.5 Å². The van der Waals surface area contributed by atoms with E-state index in [2.05, 4.69) is 120 Å². The summed E-state index contributed by atoms with van der Waals surface area (Å²) >= 11 is 3.69. The van der Waals surface area contributed by atoms with E-state index in [-0.39, 0.29) is 0 Å². The summed E-state index contributed by atoms with van der Waals surface area (Å²) in [6.45, 7) is 0. The average Bonchev–Trinajstić information content (AvgIpc) is 3.82. The highest BCUT2D eigenvalue weighted by molar-refractivity contribution is 7.26. The van der Waals surface area contributed by atoms with E-state index in [1.165, 1.54) is 40.3 Å². The van der Waals surface area contributed by atoms with Gasteiger partial charge in [0.25, 0.3) is 0 Å². The minimum atomic E-state index is 0.634. The molecule has 0 fully saturated rings. The van der Waals surface area contributed by atoms with Crippen molar-refractivity contribution >= 4 is 102 Å². The summed E-state index contributed by atoms with van der Waals surface area (Å²) < 4.78 is 11.7. The Balaban J connectivity index is 1.22. The van der Waals surface area contributed by atoms with Crippen LogP contribution in [0, 0.1) is 0 Å². The molecule has 0 saturated carbocycles. The van der Waals surface area contributed by atoms with Gasteiger partial charge in [-0.15, -0.1) is 22.7 Å². The Morgan fingerprint density at radius 3 is 1.63 bits per heavy atom. The van der Waals surface area contributed by atoms with Crippen LogP contribution in [0.1, 0.15) is 0 Å². The van der Waals surface area contributed by atoms with Crippen molar-refractivity contribution in [3.63, 3.8) is 0 Å². The van der Waals surface area contributed by atoms with E-state index in [1.807, 2.05) is 53.0 Å². The summed E-state index contributed by atoms with van der Waals surface area (Å²) in [5, 5.41) is 7.29. The molecule has 0 amide bonds. The van der Waals surface area contributed by atoms with Gasteiger partial charge in [-0.25, -0.2) is 4.98 Å². The van der Waals surface area contributed by atoms with E-state index in [0.717, 1.165) is 44.5 Å². The molecule has 0 saturated heterocycles. The van der Waals surface area contributed by atoms with E-state index >= 15 is 0 Å². The van der Waals surface area contributed by atoms with Crippen LogP contribution in [0.5, 0.6) is 0 Å². The van der Waals surface area contributed by atoms with Crippen LogP contribution in [0.3, 0.4) is 0 Å². The van der Waals surface area contributed by atoms with Crippen LogP contribution in [0.15, 0.2) is 150 Å². The van der Waals surface area contributed by atoms with Crippen LogP contribution < -0.4 is 4.90 Å². The molecule has 7 aromatic carbocycles. The molecule has 10 aromatic rings. The Kier molecular flexibility index (Phi) is 5.61. The van der Waals surface area contributed by atoms with Crippen LogP contribution in [-0.4, -0.2) is 4.98 Å². The molecule has 0 aliphatic rings. The molecule has 0 radical (unpaired) electrons. The third-order valence-electron chi connectivity index (χ3n) is 8.87. The smallest absolute Gasteiger partial charge is 0.227 e. The Labute approximate surface area is 272 Å². The summed E-state index contributed by atoms with van der Waals surface area (Å²) in [7, 11) is 0. The maximum Gasteiger partial charge on any atom is 0.227 e. The minimum Gasteiger partial charge on any atom is -0.435 e. The third kappa shape index (κ3) is 3.99. The van der Waals surface area contributed by atoms with Crippen molar-refractivity contribution in [1.82, 2.24) is 4.98 Å². The second kappa shape index (κ2) is 10.0. The zero-order chi connectivity index (χ0) is 30.2. The molecule has 10 rings (SSSR count). The van der Waals surface area contributed by atoms with Crippen LogP contribution in [0.25, 0.3) is 73.7 Å². The number of aromatic nitrogens is 1. The van der Waals surface area contributed by atoms with Gasteiger partial charge in [-0.05, 0) is 84.2 Å². The summed E-state index contributed by atoms with van der Waals surface area (Å²) in [5.74, 6) is 0.634. The zero-order valence-electron chi connectivity index (χ0n) is 24.5. The fourth-order valence-corrected chi connectivity index (χ4v) is 8.86. The Morgan fingerprint density at radius 2 is 0.978 bits per heavy atom. The molecule has 3 heterocycles. The van der Waals surface area contributed by atoms with Crippen molar-refractivity contribution in [2.75, 3.05) is 4.90 Å². The SMILES string of the molecule is c1ccc(-c2nc3ccc4ccc(N(c5ccc6sc7ccccc7c6c5)c5ccc6sc7ccccc7c6c5)cc4c3o2)cc1. The number of anilines is 3. The van der Waals surface area contributed by atoms with Crippen molar-refractivity contribution < 1.29 is 4.42 Å². The number of hydrogen-bond acceptors (Lipinski definition) is 5. The summed E-state index contributed by atoms with van der Waals surface area (Å²) in [4.78, 5) is 7.24. The van der Waals surface area contributed by atoms with Crippen LogP contribution in [-0.2, 0) is 0 Å². The highest BCUT2D eigenvalue weighted by Crippen LogP contribution is 2.44. The molecule has 0 atom stereocenters. The molecular weight excluding hydrogens is 601 g/mol. The molecule has 0 spiro atoms. The molecule has 0 aliphatic carbocycles. The van der Waals surface area contributed by atoms with E-state index in [4.69, 9.17) is 9.40 Å². The van der Waals surface area contributed by atoms with Gasteiger partial charge in [-0.3, -0.25) is 0 Å². The third-order valence-corrected chi connectivity index (χ3v) is 11.2. The lowest BCUT2D eigenvalue weighted by molar-refractivity contribution is 0.623. The highest BCUT2D eigenvalue weighted by atomic mass is 32.1. The normalized spacial score (nSPS) is 11.9. The van der Waals surface area contributed by atoms with Gasteiger partial charge in [0, 0.05) is 68.4 Å². The van der Waals surface area contributed by atoms with Crippen molar-refractivity contribution in [2.45, 2.75) is 0 Å². The number of fused-ring (bicyclic) bond motifs is 9. The Bertz CT molecular complexity index is 2660. The van der Waals surface area contributed by atoms with Gasteiger partial charge in [-0.2, -0.15) is 0 Å². The van der Waals surface area contributed by atoms with Gasteiger partial charge < -0.3 is 9.32 Å². The fraction of sp³-hybridized carbons (Fsp3) is 0. The van der Waals surface area contributed by atoms with Gasteiger partial charge in [0.1, 0.15) is 5.52 Å². The largest absolute Gasteiger partial charge is 0.435 e. The molecule has 5 heteroatoms. The van der Waals surface area contributed by atoms with Crippen molar-refractivity contribution in [1.29, 1.82) is 0 Å². The van der Waals surface area contributed by atoms with Gasteiger partial charge in [-0.1, -0.05) is 66.7 Å². The van der Waals surface area contributed by atoms with E-state index < -0.39 is 0 Å². The van der Waals surface area contributed by atoms with E-state index in [9.17, 15) is 0 Å². The van der Waals surface area contributed by atoms with Crippen LogP contribution in [0.2, 0.25) is 0 Å². The van der Waals surface area contributed by atoms with Gasteiger partial charge in [0.15, 0.2) is 5.58 Å². The first-order chi connectivity index (χ1) is 22.8. The van der Waals surface area contributed by atoms with E-state index in [0.29, 0.717) is 5.89 Å². The van der Waals surface area contributed by atoms with E-state index in [1.54, 1.807) is 0 Å². The first-order valence-corrected chi connectivity index (χ1v) is 16.9. The molecule has 3 nitrogen and oxygen atoms in total. The van der Waals surface area contributed by atoms with Crippen LogP contribution >= 0.6 is 22.7 Å². The standard InChI is InChI=1S/C41H24N2OS2/c1-2-8-26(9-3-1)41-42-35-19-15-25-14-16-27(22-32(25)40(35)44-41)43(28-17-20-38-33(23-28)30-10-4-6-12-36(30)45-38)29-18-21-39-34(24-29)31-11-5-7-13-37(31)46-39/h1-24H. The highest BCUT2D eigenvalue weighted by Gasteiger charge is 2.19. The first-order valence-electron chi connectivity index (χ1n) is 15.3. The molecule has 0 aliphatic heterocycles. The number of benzene rings is 7. The fourth-order valence-electron chi connectivity index (χ4n) is 6.69. The minimum absolute atomic E-state index is 0.634. The lowest BCUT2D eigenvalue weighted by atomic mass is 10.1. The lowest BCUT2D eigenvalue weighted by Crippen LogP contribution is -2.09. The summed E-state index contributed by atoms with van der Waals surface area (Å²) in [6.07, 6.45) is 0. The number of thiophene rings is 2. The number of nitrogens with zero attached hydrogens (tertiary/aromatic N) is 2. The number of hydrogen-bond donors (Lipinski definition) is 0. The molecule has 0 unspecified atom stereocenters. The lowest BCUT2D eigenvalue weighted by Gasteiger charge is -2.26. The number of oxazole rings is 1. The molecule has 216 valence electrons. The van der Waals surface area contributed by atoms with Gasteiger partial charge >= 0.3 is 0 Å². The monoisotopic (exact) mass is 624 g/mol. The Hall–Kier alpha value is -5.49. The second-order valence-electron chi connectivity index (χ2n) is 11.6. The first kappa shape index (κ1) is 25.8. The second-order valence-corrected chi connectivity index (χ2v) is 13.8. The summed E-state index contributed by atoms with van der Waals surface area (Å²) in [6, 6.07) is 52.1. The predicted octanol–water partition coefficient (Wildman–Crippen LogP) is 12.9. The molecular formula is C41H24N2OS2. The molecule has 46 heavy (non-hydrogen) atoms. The molecule has 0 N–H and O–H groups in total. The summed E-state index contributed by atoms with van der Waals surface area (Å²) in [5.41, 5.74) is 5.92. The zero-order valence-corrected chi connectivity index (χ0v) is 26.1. The van der Waals surface area contributed by atoms with Crippen molar-refractivity contribution in [2.24, 2.45) is 0 Å². The van der Waals surface area contributed by atoms with Crippen molar-refractivity contribution in [3.05, 3.63) is 146 Å². The van der Waals surface area contributed by atoms with Gasteiger partial charge in [0.05, 0.1) is 0 Å². The maximum atomic E-state index is 6.48. The quantitative estimate of drug-likeness (QED) is 0.195. The Morgan fingerprint density at radius 1 is 0.457 bits per heavy atom. The average molecular weight is 625 g/mol. The predicted molar refractivity (Wildman–Crippen MR) is 197 cm³/mol. The number of rotatable bonds is 4.